The Balaban J connectivity index is 1.65. The molecule has 0 saturated heterocycles. The number of nitrogens with zero attached hydrogens (tertiary/aromatic N) is 1. The highest BCUT2D eigenvalue weighted by molar-refractivity contribution is 7.90. The molecular formula is C18H19N3O5S. The van der Waals surface area contributed by atoms with E-state index in [0.717, 1.165) is 5.56 Å². The van der Waals surface area contributed by atoms with Gasteiger partial charge in [-0.1, -0.05) is 12.1 Å². The molecule has 9 heteroatoms. The lowest BCUT2D eigenvalue weighted by molar-refractivity contribution is -0.119. The van der Waals surface area contributed by atoms with Crippen LogP contribution in [0.1, 0.15) is 11.1 Å². The summed E-state index contributed by atoms with van der Waals surface area (Å²) >= 11 is 0. The highest BCUT2D eigenvalue weighted by Crippen LogP contribution is 2.23. The Labute approximate surface area is 157 Å². The van der Waals surface area contributed by atoms with E-state index in [2.05, 4.69) is 15.0 Å². The van der Waals surface area contributed by atoms with E-state index in [1.165, 1.54) is 6.07 Å². The normalized spacial score (nSPS) is 15.7. The summed E-state index contributed by atoms with van der Waals surface area (Å²) in [5, 5.41) is 2.74. The fraction of sp³-hybridized carbons (Fsp3) is 0.222. The number of hydrogen-bond acceptors (Lipinski definition) is 6. The van der Waals surface area contributed by atoms with Gasteiger partial charge in [0.05, 0.1) is 19.1 Å². The topological polar surface area (TPSA) is 106 Å². The fourth-order valence-electron chi connectivity index (χ4n) is 2.63. The Morgan fingerprint density at radius 3 is 2.44 bits per heavy atom. The van der Waals surface area contributed by atoms with E-state index in [1.54, 1.807) is 50.6 Å². The van der Waals surface area contributed by atoms with Crippen molar-refractivity contribution in [3.05, 3.63) is 53.6 Å². The number of sulfonamides is 1. The molecule has 2 aromatic carbocycles. The van der Waals surface area contributed by atoms with E-state index in [1.807, 2.05) is 0 Å². The summed E-state index contributed by atoms with van der Waals surface area (Å²) in [6.45, 7) is 0.0624. The van der Waals surface area contributed by atoms with E-state index >= 15 is 0 Å². The number of nitrogens with one attached hydrogen (secondary N) is 2. The minimum absolute atomic E-state index is 0.160. The molecular weight excluding hydrogens is 370 g/mol. The van der Waals surface area contributed by atoms with Crippen molar-refractivity contribution in [1.82, 2.24) is 10.0 Å². The molecule has 0 spiro atoms. The highest BCUT2D eigenvalue weighted by atomic mass is 32.2. The molecule has 1 heterocycles. The summed E-state index contributed by atoms with van der Waals surface area (Å²) in [4.78, 5) is 16.4. The standard InChI is InChI=1S/C18H19N3O5S/c1-25-13-7-12(8-14(9-13)26-2)10-19-17(22)11-20-18-15-5-3-4-6-16(15)27(23,24)21-18/h3-9H,10-11H2,1-2H3,(H,19,22)(H,20,21). The van der Waals surface area contributed by atoms with E-state index < -0.39 is 10.0 Å². The number of amides is 1. The molecule has 2 N–H and O–H groups in total. The van der Waals surface area contributed by atoms with E-state index in [0.29, 0.717) is 17.1 Å². The SMILES string of the molecule is COc1cc(CNC(=O)CN=C2NS(=O)(=O)c3ccccc32)cc(OC)c1. The van der Waals surface area contributed by atoms with Gasteiger partial charge in [-0.2, -0.15) is 0 Å². The first-order valence-corrected chi connectivity index (χ1v) is 9.56. The number of fused-ring (bicyclic) bond motifs is 1. The molecule has 1 aliphatic rings. The summed E-state index contributed by atoms with van der Waals surface area (Å²) in [5.41, 5.74) is 1.27. The number of amidine groups is 1. The summed E-state index contributed by atoms with van der Waals surface area (Å²) in [6.07, 6.45) is 0. The molecule has 0 radical (unpaired) electrons. The summed E-state index contributed by atoms with van der Waals surface area (Å²) < 4.78 is 36.8. The van der Waals surface area contributed by atoms with Crippen LogP contribution in [-0.4, -0.2) is 40.9 Å². The zero-order chi connectivity index (χ0) is 19.4. The molecule has 0 bridgehead atoms. The second-order valence-corrected chi connectivity index (χ2v) is 7.41. The van der Waals surface area contributed by atoms with E-state index in [-0.39, 0.29) is 29.7 Å². The second-order valence-electron chi connectivity index (χ2n) is 5.76. The number of methoxy groups -OCH3 is 2. The van der Waals surface area contributed by atoms with Gasteiger partial charge in [-0.05, 0) is 29.8 Å². The van der Waals surface area contributed by atoms with Crippen LogP contribution in [0, 0.1) is 0 Å². The van der Waals surface area contributed by atoms with Crippen LogP contribution in [0.3, 0.4) is 0 Å². The van der Waals surface area contributed by atoms with Gasteiger partial charge in [-0.15, -0.1) is 0 Å². The van der Waals surface area contributed by atoms with Crippen molar-refractivity contribution in [2.45, 2.75) is 11.4 Å². The molecule has 0 aromatic heterocycles. The Kier molecular flexibility index (Phi) is 5.31. The lowest BCUT2D eigenvalue weighted by atomic mass is 10.2. The average Bonchev–Trinajstić information content (AvgIpc) is 2.95. The Morgan fingerprint density at radius 1 is 1.11 bits per heavy atom. The van der Waals surface area contributed by atoms with Crippen molar-refractivity contribution < 1.29 is 22.7 Å². The molecule has 142 valence electrons. The third-order valence-corrected chi connectivity index (χ3v) is 5.34. The van der Waals surface area contributed by atoms with Crippen molar-refractivity contribution in [2.75, 3.05) is 20.8 Å². The molecule has 0 unspecified atom stereocenters. The zero-order valence-corrected chi connectivity index (χ0v) is 15.7. The molecule has 0 saturated carbocycles. The average molecular weight is 389 g/mol. The predicted molar refractivity (Wildman–Crippen MR) is 99.6 cm³/mol. The van der Waals surface area contributed by atoms with Crippen molar-refractivity contribution in [3.8, 4) is 11.5 Å². The Hall–Kier alpha value is -3.07. The van der Waals surface area contributed by atoms with Gasteiger partial charge in [-0.3, -0.25) is 14.5 Å². The maximum Gasteiger partial charge on any atom is 0.263 e. The summed E-state index contributed by atoms with van der Waals surface area (Å²) in [5.74, 6) is 1.07. The molecule has 1 aliphatic heterocycles. The van der Waals surface area contributed by atoms with Crippen LogP contribution in [0.5, 0.6) is 11.5 Å². The third kappa shape index (κ3) is 4.20. The maximum absolute atomic E-state index is 12.1. The number of aliphatic imine (C=N–C) groups is 1. The first-order chi connectivity index (χ1) is 12.9. The quantitative estimate of drug-likeness (QED) is 0.768. The number of rotatable bonds is 6. The predicted octanol–water partition coefficient (Wildman–Crippen LogP) is 1.06. The molecule has 0 atom stereocenters. The smallest absolute Gasteiger partial charge is 0.263 e. The van der Waals surface area contributed by atoms with Gasteiger partial charge in [0.2, 0.25) is 5.91 Å². The fourth-order valence-corrected chi connectivity index (χ4v) is 3.88. The molecule has 0 aliphatic carbocycles. The van der Waals surface area contributed by atoms with Crippen molar-refractivity contribution in [3.63, 3.8) is 0 Å². The lowest BCUT2D eigenvalue weighted by Crippen LogP contribution is -2.28. The van der Waals surface area contributed by atoms with Gasteiger partial charge in [-0.25, -0.2) is 8.42 Å². The van der Waals surface area contributed by atoms with Crippen LogP contribution < -0.4 is 19.5 Å². The van der Waals surface area contributed by atoms with Gasteiger partial charge < -0.3 is 14.8 Å². The van der Waals surface area contributed by atoms with Crippen molar-refractivity contribution >= 4 is 21.8 Å². The molecule has 0 fully saturated rings. The number of carbonyl (C=O) groups is 1. The highest BCUT2D eigenvalue weighted by Gasteiger charge is 2.30. The van der Waals surface area contributed by atoms with Crippen LogP contribution in [0.15, 0.2) is 52.4 Å². The van der Waals surface area contributed by atoms with Crippen molar-refractivity contribution in [2.24, 2.45) is 4.99 Å². The minimum Gasteiger partial charge on any atom is -0.497 e. The summed E-state index contributed by atoms with van der Waals surface area (Å²) in [7, 11) is -0.515. The van der Waals surface area contributed by atoms with E-state index in [9.17, 15) is 13.2 Å². The van der Waals surface area contributed by atoms with Crippen LogP contribution >= 0.6 is 0 Å². The second kappa shape index (κ2) is 7.67. The Bertz CT molecular complexity index is 980. The first kappa shape index (κ1) is 18.7. The molecule has 8 nitrogen and oxygen atoms in total. The van der Waals surface area contributed by atoms with Gasteiger partial charge in [0, 0.05) is 18.2 Å². The number of benzene rings is 2. The zero-order valence-electron chi connectivity index (χ0n) is 14.9. The van der Waals surface area contributed by atoms with E-state index in [4.69, 9.17) is 9.47 Å². The maximum atomic E-state index is 12.1. The third-order valence-electron chi connectivity index (χ3n) is 3.94. The lowest BCUT2D eigenvalue weighted by Gasteiger charge is -2.09. The number of hydrogen-bond donors (Lipinski definition) is 2. The van der Waals surface area contributed by atoms with Crippen LogP contribution in [0.2, 0.25) is 0 Å². The van der Waals surface area contributed by atoms with Gasteiger partial charge in [0.1, 0.15) is 23.9 Å². The van der Waals surface area contributed by atoms with Crippen LogP contribution in [-0.2, 0) is 21.4 Å². The molecule has 27 heavy (non-hydrogen) atoms. The van der Waals surface area contributed by atoms with Gasteiger partial charge >= 0.3 is 0 Å². The summed E-state index contributed by atoms with van der Waals surface area (Å²) in [6, 6.07) is 11.8. The molecule has 3 rings (SSSR count). The largest absolute Gasteiger partial charge is 0.497 e. The monoisotopic (exact) mass is 389 g/mol. The number of ether oxygens (including phenoxy) is 2. The van der Waals surface area contributed by atoms with Crippen molar-refractivity contribution in [1.29, 1.82) is 0 Å². The molecule has 1 amide bonds. The number of carbonyl (C=O) groups excluding carboxylic acids is 1. The van der Waals surface area contributed by atoms with Gasteiger partial charge in [0.25, 0.3) is 10.0 Å². The molecule has 2 aromatic rings. The van der Waals surface area contributed by atoms with Gasteiger partial charge in [0.15, 0.2) is 0 Å². The van der Waals surface area contributed by atoms with Crippen LogP contribution in [0.25, 0.3) is 0 Å². The van der Waals surface area contributed by atoms with Crippen LogP contribution in [0.4, 0.5) is 0 Å². The first-order valence-electron chi connectivity index (χ1n) is 8.08. The minimum atomic E-state index is -3.61. The Morgan fingerprint density at radius 2 is 1.78 bits per heavy atom.